The molecule has 1 unspecified atom stereocenters. The van der Waals surface area contributed by atoms with E-state index in [0.29, 0.717) is 5.56 Å². The number of amides is 1. The average Bonchev–Trinajstić information content (AvgIpc) is 3.05. The fourth-order valence-corrected chi connectivity index (χ4v) is 4.49. The Bertz CT molecular complexity index is 1350. The Morgan fingerprint density at radius 2 is 1.61 bits per heavy atom. The predicted octanol–water partition coefficient (Wildman–Crippen LogP) is 6.41. The van der Waals surface area contributed by atoms with E-state index in [1.807, 2.05) is 102 Å². The highest BCUT2D eigenvalue weighted by molar-refractivity contribution is 6.46. The van der Waals surface area contributed by atoms with Crippen LogP contribution in [0, 0.1) is 20.8 Å². The number of aliphatic hydroxyl groups is 1. The molecule has 3 aromatic rings. The molecule has 0 saturated carbocycles. The van der Waals surface area contributed by atoms with Gasteiger partial charge in [0.15, 0.2) is 0 Å². The number of rotatable bonds is 5. The lowest BCUT2D eigenvalue weighted by Crippen LogP contribution is -2.29. The van der Waals surface area contributed by atoms with Gasteiger partial charge in [0, 0.05) is 12.1 Å². The Labute approximate surface area is 213 Å². The maximum atomic E-state index is 13.3. The molecule has 1 heterocycles. The van der Waals surface area contributed by atoms with Crippen LogP contribution in [0.3, 0.4) is 0 Å². The van der Waals surface area contributed by atoms with Crippen LogP contribution in [0.25, 0.3) is 5.76 Å². The molecular formula is C31H33NO4. The highest BCUT2D eigenvalue weighted by Gasteiger charge is 2.46. The molecule has 3 aromatic carbocycles. The van der Waals surface area contributed by atoms with E-state index in [1.54, 1.807) is 11.0 Å². The molecule has 1 saturated heterocycles. The fraction of sp³-hybridized carbons (Fsp3) is 0.290. The molecule has 1 aliphatic heterocycles. The summed E-state index contributed by atoms with van der Waals surface area (Å²) in [6.07, 6.45) is 0. The Morgan fingerprint density at radius 3 is 2.22 bits per heavy atom. The highest BCUT2D eigenvalue weighted by atomic mass is 16.5. The van der Waals surface area contributed by atoms with Crippen LogP contribution in [0.4, 0.5) is 0 Å². The normalized spacial score (nSPS) is 17.5. The number of benzene rings is 3. The van der Waals surface area contributed by atoms with Crippen LogP contribution < -0.4 is 4.74 Å². The van der Waals surface area contributed by atoms with E-state index >= 15 is 0 Å². The van der Waals surface area contributed by atoms with Gasteiger partial charge in [0.05, 0.1) is 11.6 Å². The zero-order chi connectivity index (χ0) is 26.2. The summed E-state index contributed by atoms with van der Waals surface area (Å²) in [6, 6.07) is 20.1. The lowest BCUT2D eigenvalue weighted by atomic mass is 9.93. The summed E-state index contributed by atoms with van der Waals surface area (Å²) in [7, 11) is 0. The van der Waals surface area contributed by atoms with Crippen LogP contribution in [0.2, 0.25) is 0 Å². The first-order valence-electron chi connectivity index (χ1n) is 12.1. The van der Waals surface area contributed by atoms with Crippen molar-refractivity contribution in [1.82, 2.24) is 4.90 Å². The second-order valence-electron chi connectivity index (χ2n) is 10.5. The molecule has 1 aliphatic rings. The smallest absolute Gasteiger partial charge is 0.295 e. The van der Waals surface area contributed by atoms with Crippen LogP contribution in [0.1, 0.15) is 60.2 Å². The van der Waals surface area contributed by atoms with Gasteiger partial charge in [-0.05, 0) is 82.0 Å². The van der Waals surface area contributed by atoms with Gasteiger partial charge < -0.3 is 14.7 Å². The average molecular weight is 484 g/mol. The van der Waals surface area contributed by atoms with Crippen molar-refractivity contribution in [1.29, 1.82) is 0 Å². The molecule has 1 N–H and O–H groups in total. The third-order valence-corrected chi connectivity index (χ3v) is 6.38. The van der Waals surface area contributed by atoms with Gasteiger partial charge in [0.2, 0.25) is 0 Å². The molecule has 0 spiro atoms. The third-order valence-electron chi connectivity index (χ3n) is 6.38. The third kappa shape index (κ3) is 5.20. The number of aryl methyl sites for hydroxylation is 3. The summed E-state index contributed by atoms with van der Waals surface area (Å²) < 4.78 is 5.91. The van der Waals surface area contributed by atoms with Gasteiger partial charge in [0.25, 0.3) is 11.7 Å². The number of nitrogens with zero attached hydrogens (tertiary/aromatic N) is 1. The van der Waals surface area contributed by atoms with Gasteiger partial charge in [-0.1, -0.05) is 54.1 Å². The SMILES string of the molecule is Cc1cccc(C2/C(=C(/O)c3ccc(C)c(C)c3)C(=O)C(=O)N2Cc2ccc(OC(C)(C)C)cc2)c1. The number of ketones is 1. The Kier molecular flexibility index (Phi) is 6.77. The van der Waals surface area contributed by atoms with Crippen molar-refractivity contribution < 1.29 is 19.4 Å². The first-order valence-corrected chi connectivity index (χ1v) is 12.1. The monoisotopic (exact) mass is 483 g/mol. The molecule has 4 rings (SSSR count). The summed E-state index contributed by atoms with van der Waals surface area (Å²) in [5.41, 5.74) is 5.06. The number of likely N-dealkylation sites (tertiary alicyclic amines) is 1. The fourth-order valence-electron chi connectivity index (χ4n) is 4.49. The summed E-state index contributed by atoms with van der Waals surface area (Å²) in [5.74, 6) is -0.718. The minimum atomic E-state index is -0.697. The maximum Gasteiger partial charge on any atom is 0.295 e. The lowest BCUT2D eigenvalue weighted by Gasteiger charge is -2.26. The second kappa shape index (κ2) is 9.65. The Morgan fingerprint density at radius 1 is 0.917 bits per heavy atom. The van der Waals surface area contributed by atoms with Crippen LogP contribution >= 0.6 is 0 Å². The van der Waals surface area contributed by atoms with Crippen LogP contribution in [-0.4, -0.2) is 27.3 Å². The second-order valence-corrected chi connectivity index (χ2v) is 10.5. The minimum Gasteiger partial charge on any atom is -0.507 e. The van der Waals surface area contributed by atoms with Gasteiger partial charge in [-0.2, -0.15) is 0 Å². The maximum absolute atomic E-state index is 13.3. The molecule has 1 amide bonds. The van der Waals surface area contributed by atoms with Gasteiger partial charge in [-0.3, -0.25) is 9.59 Å². The number of Topliss-reactive ketones (excluding diaryl/α,β-unsaturated/α-hetero) is 1. The predicted molar refractivity (Wildman–Crippen MR) is 142 cm³/mol. The largest absolute Gasteiger partial charge is 0.507 e. The molecule has 0 aliphatic carbocycles. The molecule has 0 bridgehead atoms. The number of hydrogen-bond acceptors (Lipinski definition) is 4. The molecule has 0 aromatic heterocycles. The molecule has 1 atom stereocenters. The standard InChI is InChI=1S/C31H33NO4/c1-19-8-7-9-23(16-19)27-26(28(33)24-13-10-20(2)21(3)17-24)29(34)30(35)32(27)18-22-11-14-25(15-12-22)36-31(4,5)6/h7-17,27,33H,18H2,1-6H3/b28-26-. The zero-order valence-electron chi connectivity index (χ0n) is 21.8. The number of hydrogen-bond donors (Lipinski definition) is 1. The summed E-state index contributed by atoms with van der Waals surface area (Å²) in [4.78, 5) is 28.2. The van der Waals surface area contributed by atoms with Crippen LogP contribution in [0.5, 0.6) is 5.75 Å². The van der Waals surface area contributed by atoms with Crippen molar-refractivity contribution in [3.8, 4) is 5.75 Å². The molecular weight excluding hydrogens is 450 g/mol. The van der Waals surface area contributed by atoms with E-state index in [9.17, 15) is 14.7 Å². The molecule has 36 heavy (non-hydrogen) atoms. The highest BCUT2D eigenvalue weighted by Crippen LogP contribution is 2.40. The van der Waals surface area contributed by atoms with Crippen molar-refractivity contribution in [2.24, 2.45) is 0 Å². The molecule has 1 fully saturated rings. The molecule has 5 heteroatoms. The van der Waals surface area contributed by atoms with E-state index < -0.39 is 17.7 Å². The first-order chi connectivity index (χ1) is 16.9. The number of ether oxygens (including phenoxy) is 1. The van der Waals surface area contributed by atoms with Crippen molar-refractivity contribution in [3.05, 3.63) is 106 Å². The summed E-state index contributed by atoms with van der Waals surface area (Å²) in [5, 5.41) is 11.3. The van der Waals surface area contributed by atoms with Gasteiger partial charge in [-0.25, -0.2) is 0 Å². The van der Waals surface area contributed by atoms with Crippen molar-refractivity contribution >= 4 is 17.4 Å². The van der Waals surface area contributed by atoms with Gasteiger partial charge in [-0.15, -0.1) is 0 Å². The lowest BCUT2D eigenvalue weighted by molar-refractivity contribution is -0.140. The van der Waals surface area contributed by atoms with Gasteiger partial charge in [0.1, 0.15) is 17.1 Å². The molecule has 0 radical (unpaired) electrons. The van der Waals surface area contributed by atoms with Crippen molar-refractivity contribution in [3.63, 3.8) is 0 Å². The first kappa shape index (κ1) is 25.2. The van der Waals surface area contributed by atoms with Gasteiger partial charge >= 0.3 is 0 Å². The summed E-state index contributed by atoms with van der Waals surface area (Å²) >= 11 is 0. The van der Waals surface area contributed by atoms with E-state index in [4.69, 9.17) is 4.74 Å². The van der Waals surface area contributed by atoms with Crippen molar-refractivity contribution in [2.45, 2.75) is 59.7 Å². The van der Waals surface area contributed by atoms with E-state index in [0.717, 1.165) is 33.6 Å². The Balaban J connectivity index is 1.78. The number of aliphatic hydroxyl groups excluding tert-OH is 1. The molecule has 186 valence electrons. The quantitative estimate of drug-likeness (QED) is 0.259. The topological polar surface area (TPSA) is 66.8 Å². The van der Waals surface area contributed by atoms with E-state index in [2.05, 4.69) is 0 Å². The van der Waals surface area contributed by atoms with E-state index in [-0.39, 0.29) is 23.5 Å². The minimum absolute atomic E-state index is 0.113. The van der Waals surface area contributed by atoms with Crippen molar-refractivity contribution in [2.75, 3.05) is 0 Å². The van der Waals surface area contributed by atoms with E-state index in [1.165, 1.54) is 0 Å². The zero-order valence-corrected chi connectivity index (χ0v) is 21.8. The summed E-state index contributed by atoms with van der Waals surface area (Å²) in [6.45, 7) is 12.1. The van der Waals surface area contributed by atoms with Crippen LogP contribution in [-0.2, 0) is 16.1 Å². The number of carbonyl (C=O) groups is 2. The van der Waals surface area contributed by atoms with Crippen LogP contribution in [0.15, 0.2) is 72.3 Å². The molecule has 5 nitrogen and oxygen atoms in total. The number of carbonyl (C=O) groups excluding carboxylic acids is 2. The Hall–Kier alpha value is -3.86.